The predicted octanol–water partition coefficient (Wildman–Crippen LogP) is 0.990. The average Bonchev–Trinajstić information content (AvgIpc) is 2.76. The van der Waals surface area contributed by atoms with Crippen LogP contribution in [0.5, 0.6) is 0 Å². The second-order valence-electron chi connectivity index (χ2n) is 4.35. The van der Waals surface area contributed by atoms with Crippen molar-refractivity contribution >= 4 is 9.84 Å². The third-order valence-electron chi connectivity index (χ3n) is 3.13. The van der Waals surface area contributed by atoms with E-state index in [0.717, 1.165) is 12.8 Å². The third-order valence-corrected chi connectivity index (χ3v) is 5.30. The number of sulfone groups is 1. The normalized spacial score (nSPS) is 25.6. The zero-order valence-corrected chi connectivity index (χ0v) is 10.8. The molecule has 2 rings (SSSR count). The second-order valence-corrected chi connectivity index (χ2v) is 6.66. The van der Waals surface area contributed by atoms with Crippen molar-refractivity contribution < 1.29 is 12.9 Å². The highest BCUT2D eigenvalue weighted by Crippen LogP contribution is 2.31. The van der Waals surface area contributed by atoms with Crippen molar-refractivity contribution in [1.29, 1.82) is 0 Å². The molecule has 2 unspecified atom stereocenters. The SMILES string of the molecule is CNC(C)c1nc(C2CCCCS2(=O)=O)no1. The first kappa shape index (κ1) is 12.5. The van der Waals surface area contributed by atoms with Crippen LogP contribution in [0.4, 0.5) is 0 Å². The maximum atomic E-state index is 11.9. The van der Waals surface area contributed by atoms with Gasteiger partial charge in [0, 0.05) is 0 Å². The van der Waals surface area contributed by atoms with E-state index < -0.39 is 15.1 Å². The van der Waals surface area contributed by atoms with Gasteiger partial charge in [0.25, 0.3) is 0 Å². The zero-order chi connectivity index (χ0) is 12.5. The molecule has 2 atom stereocenters. The lowest BCUT2D eigenvalue weighted by Gasteiger charge is -2.18. The van der Waals surface area contributed by atoms with Crippen LogP contribution < -0.4 is 5.32 Å². The molecular formula is C10H17N3O3S. The van der Waals surface area contributed by atoms with Gasteiger partial charge < -0.3 is 9.84 Å². The van der Waals surface area contributed by atoms with Crippen LogP contribution in [0.3, 0.4) is 0 Å². The van der Waals surface area contributed by atoms with Gasteiger partial charge in [0.2, 0.25) is 5.89 Å². The average molecular weight is 259 g/mol. The van der Waals surface area contributed by atoms with Gasteiger partial charge in [-0.05, 0) is 26.8 Å². The van der Waals surface area contributed by atoms with Gasteiger partial charge in [-0.15, -0.1) is 0 Å². The fourth-order valence-corrected chi connectivity index (χ4v) is 3.76. The van der Waals surface area contributed by atoms with Crippen LogP contribution in [-0.4, -0.2) is 31.4 Å². The fourth-order valence-electron chi connectivity index (χ4n) is 1.92. The molecule has 0 aliphatic carbocycles. The molecule has 1 aromatic heterocycles. The lowest BCUT2D eigenvalue weighted by molar-refractivity contribution is 0.342. The standard InChI is InChI=1S/C10H17N3O3S/c1-7(11-2)10-12-9(13-16-10)8-5-3-4-6-17(8,14)15/h7-8,11H,3-6H2,1-2H3. The Labute approximate surface area is 101 Å². The summed E-state index contributed by atoms with van der Waals surface area (Å²) in [6.07, 6.45) is 2.22. The van der Waals surface area contributed by atoms with Crippen LogP contribution in [0.2, 0.25) is 0 Å². The lowest BCUT2D eigenvalue weighted by Crippen LogP contribution is -2.22. The zero-order valence-electron chi connectivity index (χ0n) is 10.0. The highest BCUT2D eigenvalue weighted by atomic mass is 32.2. The van der Waals surface area contributed by atoms with Crippen LogP contribution in [0.25, 0.3) is 0 Å². The Morgan fingerprint density at radius 2 is 2.24 bits per heavy atom. The molecule has 1 fully saturated rings. The summed E-state index contributed by atoms with van der Waals surface area (Å²) in [4.78, 5) is 4.18. The van der Waals surface area contributed by atoms with E-state index in [4.69, 9.17) is 4.52 Å². The Bertz CT molecular complexity index is 483. The van der Waals surface area contributed by atoms with Crippen LogP contribution in [0.15, 0.2) is 4.52 Å². The van der Waals surface area contributed by atoms with E-state index in [1.165, 1.54) is 0 Å². The molecule has 1 aliphatic heterocycles. The quantitative estimate of drug-likeness (QED) is 0.871. The number of aromatic nitrogens is 2. The molecule has 0 bridgehead atoms. The van der Waals surface area contributed by atoms with Crippen LogP contribution >= 0.6 is 0 Å². The number of nitrogens with zero attached hydrogens (tertiary/aromatic N) is 2. The molecule has 1 aromatic rings. The minimum Gasteiger partial charge on any atom is -0.338 e. The smallest absolute Gasteiger partial charge is 0.243 e. The topological polar surface area (TPSA) is 85.1 Å². The molecule has 0 saturated carbocycles. The van der Waals surface area contributed by atoms with E-state index in [2.05, 4.69) is 15.5 Å². The predicted molar refractivity (Wildman–Crippen MR) is 62.2 cm³/mol. The van der Waals surface area contributed by atoms with Crippen molar-refractivity contribution in [3.8, 4) is 0 Å². The molecule has 1 saturated heterocycles. The van der Waals surface area contributed by atoms with Gasteiger partial charge in [-0.25, -0.2) is 8.42 Å². The maximum absolute atomic E-state index is 11.9. The maximum Gasteiger partial charge on any atom is 0.243 e. The van der Waals surface area contributed by atoms with E-state index >= 15 is 0 Å². The minimum atomic E-state index is -3.10. The van der Waals surface area contributed by atoms with E-state index in [1.54, 1.807) is 7.05 Å². The van der Waals surface area contributed by atoms with E-state index in [0.29, 0.717) is 18.1 Å². The summed E-state index contributed by atoms with van der Waals surface area (Å²) in [5.74, 6) is 0.966. The van der Waals surface area contributed by atoms with Crippen molar-refractivity contribution in [3.05, 3.63) is 11.7 Å². The van der Waals surface area contributed by atoms with E-state index in [9.17, 15) is 8.42 Å². The molecule has 0 radical (unpaired) electrons. The molecule has 0 amide bonds. The van der Waals surface area contributed by atoms with Gasteiger partial charge in [-0.2, -0.15) is 4.98 Å². The first-order chi connectivity index (χ1) is 8.04. The lowest BCUT2D eigenvalue weighted by atomic mass is 10.2. The molecule has 7 heteroatoms. The molecule has 2 heterocycles. The summed E-state index contributed by atoms with van der Waals surface area (Å²) in [5, 5.41) is 6.19. The molecular weight excluding hydrogens is 242 g/mol. The Morgan fingerprint density at radius 3 is 2.88 bits per heavy atom. The molecule has 6 nitrogen and oxygen atoms in total. The summed E-state index contributed by atoms with van der Waals surface area (Å²) in [5.41, 5.74) is 0. The Balaban J connectivity index is 2.25. The molecule has 1 aliphatic rings. The number of rotatable bonds is 3. The first-order valence-corrected chi connectivity index (χ1v) is 7.48. The van der Waals surface area contributed by atoms with Crippen LogP contribution in [-0.2, 0) is 9.84 Å². The van der Waals surface area contributed by atoms with Crippen LogP contribution in [0, 0.1) is 0 Å². The summed E-state index contributed by atoms with van der Waals surface area (Å²) >= 11 is 0. The molecule has 96 valence electrons. The molecule has 0 aromatic carbocycles. The molecule has 1 N–H and O–H groups in total. The minimum absolute atomic E-state index is 0.0671. The second kappa shape index (κ2) is 4.73. The largest absolute Gasteiger partial charge is 0.338 e. The summed E-state index contributed by atoms with van der Waals surface area (Å²) in [7, 11) is -1.32. The van der Waals surface area contributed by atoms with Crippen molar-refractivity contribution in [2.75, 3.05) is 12.8 Å². The third kappa shape index (κ3) is 2.50. The van der Waals surface area contributed by atoms with Crippen molar-refractivity contribution in [3.63, 3.8) is 0 Å². The Morgan fingerprint density at radius 1 is 1.47 bits per heavy atom. The number of hydrogen-bond donors (Lipinski definition) is 1. The Kier molecular flexibility index (Phi) is 3.48. The fraction of sp³-hybridized carbons (Fsp3) is 0.800. The first-order valence-electron chi connectivity index (χ1n) is 5.77. The van der Waals surface area contributed by atoms with Crippen LogP contribution in [0.1, 0.15) is 49.2 Å². The number of nitrogens with one attached hydrogen (secondary N) is 1. The van der Waals surface area contributed by atoms with Crippen molar-refractivity contribution in [2.24, 2.45) is 0 Å². The monoisotopic (exact) mass is 259 g/mol. The van der Waals surface area contributed by atoms with Gasteiger partial charge in [0.1, 0.15) is 5.25 Å². The number of hydrogen-bond acceptors (Lipinski definition) is 6. The van der Waals surface area contributed by atoms with Gasteiger partial charge >= 0.3 is 0 Å². The highest BCUT2D eigenvalue weighted by molar-refractivity contribution is 7.91. The van der Waals surface area contributed by atoms with Gasteiger partial charge in [-0.3, -0.25) is 0 Å². The van der Waals surface area contributed by atoms with E-state index in [-0.39, 0.29) is 11.8 Å². The van der Waals surface area contributed by atoms with Gasteiger partial charge in [-0.1, -0.05) is 11.6 Å². The van der Waals surface area contributed by atoms with Crippen molar-refractivity contribution in [1.82, 2.24) is 15.5 Å². The molecule has 0 spiro atoms. The van der Waals surface area contributed by atoms with Crippen molar-refractivity contribution in [2.45, 2.75) is 37.5 Å². The van der Waals surface area contributed by atoms with E-state index in [1.807, 2.05) is 6.92 Å². The van der Waals surface area contributed by atoms with Gasteiger partial charge in [0.15, 0.2) is 15.7 Å². The van der Waals surface area contributed by atoms with Gasteiger partial charge in [0.05, 0.1) is 11.8 Å². The summed E-state index contributed by atoms with van der Waals surface area (Å²) in [6, 6.07) is -0.0671. The summed E-state index contributed by atoms with van der Waals surface area (Å²) in [6.45, 7) is 1.88. The Hall–Kier alpha value is -0.950. The highest BCUT2D eigenvalue weighted by Gasteiger charge is 2.34. The summed E-state index contributed by atoms with van der Waals surface area (Å²) < 4.78 is 28.9. The molecule has 17 heavy (non-hydrogen) atoms.